The Balaban J connectivity index is 1.81. The van der Waals surface area contributed by atoms with E-state index in [-0.39, 0.29) is 12.1 Å². The van der Waals surface area contributed by atoms with Crippen LogP contribution in [0, 0.1) is 0 Å². The Labute approximate surface area is 200 Å². The van der Waals surface area contributed by atoms with E-state index in [0.29, 0.717) is 5.70 Å². The SMILES string of the molecule is Cn1nccc1C(c1ccccc1)N1c2ccccc2C=C(NS(C)(=O)=O)C1c1ccccc1. The van der Waals surface area contributed by atoms with Gasteiger partial charge in [0.15, 0.2) is 0 Å². The standard InChI is InChI=1S/C27H26N4O2S/c1-30-25(17-18-28-30)27(21-13-7-4-8-14-21)31-24-16-10-9-15-22(24)19-23(29-34(2,32)33)26(31)20-11-5-3-6-12-20/h3-19,26-27,29H,1-2H3. The molecule has 1 aliphatic heterocycles. The van der Waals surface area contributed by atoms with Crippen LogP contribution in [0.4, 0.5) is 5.69 Å². The summed E-state index contributed by atoms with van der Waals surface area (Å²) in [4.78, 5) is 2.30. The summed E-state index contributed by atoms with van der Waals surface area (Å²) in [7, 11) is -1.57. The third-order valence-corrected chi connectivity index (χ3v) is 6.66. The molecule has 0 saturated heterocycles. The third-order valence-electron chi connectivity index (χ3n) is 6.05. The molecule has 0 amide bonds. The highest BCUT2D eigenvalue weighted by Gasteiger charge is 2.38. The van der Waals surface area contributed by atoms with Crippen LogP contribution < -0.4 is 9.62 Å². The lowest BCUT2D eigenvalue weighted by Crippen LogP contribution is -2.41. The summed E-state index contributed by atoms with van der Waals surface area (Å²) in [6, 6.07) is 29.8. The molecule has 0 radical (unpaired) electrons. The molecule has 0 fully saturated rings. The van der Waals surface area contributed by atoms with E-state index in [1.54, 1.807) is 6.20 Å². The molecule has 3 aromatic carbocycles. The first-order valence-electron chi connectivity index (χ1n) is 11.1. The van der Waals surface area contributed by atoms with Gasteiger partial charge >= 0.3 is 0 Å². The molecule has 0 bridgehead atoms. The Bertz CT molecular complexity index is 1430. The van der Waals surface area contributed by atoms with E-state index in [1.807, 2.05) is 90.6 Å². The molecular weight excluding hydrogens is 444 g/mol. The summed E-state index contributed by atoms with van der Waals surface area (Å²) >= 11 is 0. The fourth-order valence-corrected chi connectivity index (χ4v) is 5.30. The molecule has 1 aromatic heterocycles. The van der Waals surface area contributed by atoms with E-state index in [2.05, 4.69) is 32.9 Å². The van der Waals surface area contributed by atoms with Crippen LogP contribution in [0.5, 0.6) is 0 Å². The van der Waals surface area contributed by atoms with Crippen molar-refractivity contribution in [2.24, 2.45) is 7.05 Å². The summed E-state index contributed by atoms with van der Waals surface area (Å²) in [5.74, 6) is 0. The number of rotatable bonds is 6. The fraction of sp³-hybridized carbons (Fsp3) is 0.148. The van der Waals surface area contributed by atoms with Gasteiger partial charge in [-0.3, -0.25) is 9.40 Å². The lowest BCUT2D eigenvalue weighted by atomic mass is 9.90. The van der Waals surface area contributed by atoms with Crippen LogP contribution in [-0.4, -0.2) is 24.5 Å². The Hall–Kier alpha value is -3.84. The molecule has 2 atom stereocenters. The lowest BCUT2D eigenvalue weighted by Gasteiger charge is -2.44. The molecule has 172 valence electrons. The van der Waals surface area contributed by atoms with Crippen molar-refractivity contribution >= 4 is 21.8 Å². The predicted octanol–water partition coefficient (Wildman–Crippen LogP) is 4.66. The van der Waals surface area contributed by atoms with Gasteiger partial charge in [-0.15, -0.1) is 0 Å². The van der Waals surface area contributed by atoms with Crippen LogP contribution in [0.15, 0.2) is 103 Å². The van der Waals surface area contributed by atoms with Gasteiger partial charge in [0, 0.05) is 18.9 Å². The minimum absolute atomic E-state index is 0.217. The quantitative estimate of drug-likeness (QED) is 0.445. The van der Waals surface area contributed by atoms with Crippen LogP contribution >= 0.6 is 0 Å². The second kappa shape index (κ2) is 8.83. The molecule has 1 aliphatic rings. The minimum atomic E-state index is -3.51. The number of aryl methyl sites for hydroxylation is 1. The molecule has 0 saturated carbocycles. The number of hydrogen-bond acceptors (Lipinski definition) is 4. The van der Waals surface area contributed by atoms with Crippen LogP contribution in [0.2, 0.25) is 0 Å². The number of fused-ring (bicyclic) bond motifs is 1. The van der Waals surface area contributed by atoms with Crippen molar-refractivity contribution in [1.82, 2.24) is 14.5 Å². The normalized spacial score (nSPS) is 16.5. The Morgan fingerprint density at radius 1 is 0.882 bits per heavy atom. The summed E-state index contributed by atoms with van der Waals surface area (Å²) in [5, 5.41) is 4.45. The number of nitrogens with one attached hydrogen (secondary N) is 1. The van der Waals surface area contributed by atoms with Gasteiger partial charge in [-0.2, -0.15) is 5.10 Å². The first kappa shape index (κ1) is 22.0. The zero-order valence-electron chi connectivity index (χ0n) is 19.0. The second-order valence-corrected chi connectivity index (χ2v) is 10.2. The highest BCUT2D eigenvalue weighted by Crippen LogP contribution is 2.46. The first-order chi connectivity index (χ1) is 16.4. The Kier molecular flexibility index (Phi) is 5.71. The molecule has 2 unspecified atom stereocenters. The van der Waals surface area contributed by atoms with Crippen LogP contribution in [0.3, 0.4) is 0 Å². The van der Waals surface area contributed by atoms with E-state index >= 15 is 0 Å². The topological polar surface area (TPSA) is 67.2 Å². The van der Waals surface area contributed by atoms with Crippen molar-refractivity contribution < 1.29 is 8.42 Å². The van der Waals surface area contributed by atoms with Gasteiger partial charge in [0.2, 0.25) is 10.0 Å². The van der Waals surface area contributed by atoms with Gasteiger partial charge in [0.25, 0.3) is 0 Å². The van der Waals surface area contributed by atoms with Gasteiger partial charge in [-0.1, -0.05) is 78.9 Å². The van der Waals surface area contributed by atoms with Crippen molar-refractivity contribution in [3.63, 3.8) is 0 Å². The molecule has 2 heterocycles. The van der Waals surface area contributed by atoms with Crippen molar-refractivity contribution in [2.75, 3.05) is 11.2 Å². The average Bonchev–Trinajstić information content (AvgIpc) is 3.25. The molecule has 5 rings (SSSR count). The monoisotopic (exact) mass is 470 g/mol. The summed E-state index contributed by atoms with van der Waals surface area (Å²) in [5.41, 5.74) is 5.65. The highest BCUT2D eigenvalue weighted by molar-refractivity contribution is 7.88. The first-order valence-corrected chi connectivity index (χ1v) is 13.0. The fourth-order valence-electron chi connectivity index (χ4n) is 4.70. The zero-order chi connectivity index (χ0) is 23.7. The van der Waals surface area contributed by atoms with E-state index in [4.69, 9.17) is 0 Å². The zero-order valence-corrected chi connectivity index (χ0v) is 19.9. The van der Waals surface area contributed by atoms with Gasteiger partial charge < -0.3 is 4.90 Å². The number of hydrogen-bond donors (Lipinski definition) is 1. The molecule has 1 N–H and O–H groups in total. The van der Waals surface area contributed by atoms with Gasteiger partial charge in [-0.05, 0) is 34.9 Å². The number of aromatic nitrogens is 2. The molecular formula is C27H26N4O2S. The van der Waals surface area contributed by atoms with E-state index in [9.17, 15) is 8.42 Å². The summed E-state index contributed by atoms with van der Waals surface area (Å²) in [6.07, 6.45) is 4.93. The maximum Gasteiger partial charge on any atom is 0.229 e. The van der Waals surface area contributed by atoms with Crippen LogP contribution in [-0.2, 0) is 17.1 Å². The van der Waals surface area contributed by atoms with Gasteiger partial charge in [-0.25, -0.2) is 8.42 Å². The third kappa shape index (κ3) is 4.22. The highest BCUT2D eigenvalue weighted by atomic mass is 32.2. The molecule has 34 heavy (non-hydrogen) atoms. The summed E-state index contributed by atoms with van der Waals surface area (Å²) < 4.78 is 29.6. The molecule has 0 spiro atoms. The molecule has 4 aromatic rings. The minimum Gasteiger partial charge on any atom is -0.346 e. The number of para-hydroxylation sites is 1. The van der Waals surface area contributed by atoms with Crippen molar-refractivity contribution in [3.8, 4) is 0 Å². The van der Waals surface area contributed by atoms with Crippen molar-refractivity contribution in [1.29, 1.82) is 0 Å². The summed E-state index contributed by atoms with van der Waals surface area (Å²) in [6.45, 7) is 0. The van der Waals surface area contributed by atoms with E-state index < -0.39 is 10.0 Å². The maximum atomic E-state index is 12.4. The van der Waals surface area contributed by atoms with Gasteiger partial charge in [0.05, 0.1) is 29.7 Å². The van der Waals surface area contributed by atoms with Crippen LogP contribution in [0.1, 0.15) is 34.5 Å². The predicted molar refractivity (Wildman–Crippen MR) is 136 cm³/mol. The number of nitrogens with zero attached hydrogens (tertiary/aromatic N) is 3. The van der Waals surface area contributed by atoms with Gasteiger partial charge in [0.1, 0.15) is 0 Å². The number of benzene rings is 3. The number of sulfonamides is 1. The van der Waals surface area contributed by atoms with Crippen molar-refractivity contribution in [2.45, 2.75) is 12.1 Å². The maximum absolute atomic E-state index is 12.4. The number of anilines is 1. The van der Waals surface area contributed by atoms with E-state index in [0.717, 1.165) is 28.1 Å². The molecule has 6 nitrogen and oxygen atoms in total. The average molecular weight is 471 g/mol. The smallest absolute Gasteiger partial charge is 0.229 e. The van der Waals surface area contributed by atoms with Crippen LogP contribution in [0.25, 0.3) is 6.08 Å². The van der Waals surface area contributed by atoms with Crippen molar-refractivity contribution in [3.05, 3.63) is 125 Å². The lowest BCUT2D eigenvalue weighted by molar-refractivity contribution is 0.560. The van der Waals surface area contributed by atoms with E-state index in [1.165, 1.54) is 6.26 Å². The second-order valence-electron chi connectivity index (χ2n) is 8.45. The Morgan fingerprint density at radius 2 is 1.53 bits per heavy atom. The molecule has 7 heteroatoms. The largest absolute Gasteiger partial charge is 0.346 e. The Morgan fingerprint density at radius 3 is 2.18 bits per heavy atom. The molecule has 0 aliphatic carbocycles.